The summed E-state index contributed by atoms with van der Waals surface area (Å²) in [6.45, 7) is 1.77. The van der Waals surface area contributed by atoms with Gasteiger partial charge in [-0.1, -0.05) is 0 Å². The first-order valence-electron chi connectivity index (χ1n) is 4.20. The highest BCUT2D eigenvalue weighted by Gasteiger charge is 2.17. The highest BCUT2D eigenvalue weighted by atomic mass is 19.3. The smallest absolute Gasteiger partial charge is 0.339 e. The van der Waals surface area contributed by atoms with Crippen LogP contribution in [0.2, 0.25) is 0 Å². The molecule has 82 valence electrons. The molecule has 1 N–H and O–H groups in total. The molecule has 6 heteroatoms. The summed E-state index contributed by atoms with van der Waals surface area (Å²) in [7, 11) is 0. The number of aromatic hydroxyl groups is 1. The summed E-state index contributed by atoms with van der Waals surface area (Å²) in [6, 6.07) is 0.909. The van der Waals surface area contributed by atoms with Crippen LogP contribution in [-0.2, 0) is 4.74 Å². The van der Waals surface area contributed by atoms with E-state index in [1.54, 1.807) is 6.92 Å². The maximum Gasteiger partial charge on any atom is 0.339 e. The lowest BCUT2D eigenvalue weighted by Gasteiger charge is -2.05. The van der Waals surface area contributed by atoms with Gasteiger partial charge < -0.3 is 9.84 Å². The molecule has 1 heterocycles. The third kappa shape index (κ3) is 2.61. The van der Waals surface area contributed by atoms with Crippen LogP contribution in [0.3, 0.4) is 0 Å². The van der Waals surface area contributed by atoms with Crippen molar-refractivity contribution >= 4 is 5.97 Å². The molecule has 0 saturated carbocycles. The van der Waals surface area contributed by atoms with Crippen LogP contribution in [0.5, 0.6) is 5.75 Å². The van der Waals surface area contributed by atoms with Crippen molar-refractivity contribution in [2.75, 3.05) is 6.61 Å². The van der Waals surface area contributed by atoms with Crippen LogP contribution in [-0.4, -0.2) is 22.7 Å². The minimum absolute atomic E-state index is 0.0567. The molecule has 0 aliphatic carbocycles. The fourth-order valence-corrected chi connectivity index (χ4v) is 0.958. The van der Waals surface area contributed by atoms with Crippen LogP contribution in [0.25, 0.3) is 0 Å². The van der Waals surface area contributed by atoms with Crippen molar-refractivity contribution in [3.05, 3.63) is 23.5 Å². The van der Waals surface area contributed by atoms with Crippen LogP contribution >= 0.6 is 0 Å². The number of pyridine rings is 1. The van der Waals surface area contributed by atoms with Gasteiger partial charge in [0.25, 0.3) is 6.43 Å². The number of ether oxygens (including phenoxy) is 1. The summed E-state index contributed by atoms with van der Waals surface area (Å²) in [5.41, 5.74) is -0.804. The topological polar surface area (TPSA) is 59.4 Å². The number of esters is 1. The van der Waals surface area contributed by atoms with Crippen molar-refractivity contribution in [3.8, 4) is 5.75 Å². The number of carbonyl (C=O) groups is 1. The highest BCUT2D eigenvalue weighted by Crippen LogP contribution is 2.26. The molecule has 1 aromatic rings. The van der Waals surface area contributed by atoms with E-state index in [2.05, 4.69) is 9.72 Å². The molecule has 0 aliphatic rings. The Morgan fingerprint density at radius 3 is 2.80 bits per heavy atom. The molecular weight excluding hydrogens is 208 g/mol. The number of nitrogens with zero attached hydrogens (tertiary/aromatic N) is 1. The normalized spacial score (nSPS) is 10.4. The van der Waals surface area contributed by atoms with E-state index in [0.717, 1.165) is 12.3 Å². The minimum atomic E-state index is -2.87. The molecule has 0 atom stereocenters. The van der Waals surface area contributed by atoms with Crippen LogP contribution in [0.4, 0.5) is 8.78 Å². The number of rotatable bonds is 3. The number of alkyl halides is 2. The van der Waals surface area contributed by atoms with Gasteiger partial charge in [0.1, 0.15) is 11.4 Å². The third-order valence-corrected chi connectivity index (χ3v) is 1.62. The van der Waals surface area contributed by atoms with E-state index in [0.29, 0.717) is 0 Å². The third-order valence-electron chi connectivity index (χ3n) is 1.62. The van der Waals surface area contributed by atoms with E-state index < -0.39 is 23.8 Å². The zero-order chi connectivity index (χ0) is 11.4. The van der Waals surface area contributed by atoms with Gasteiger partial charge >= 0.3 is 5.97 Å². The van der Waals surface area contributed by atoms with E-state index in [-0.39, 0.29) is 12.2 Å². The van der Waals surface area contributed by atoms with Crippen molar-refractivity contribution in [2.24, 2.45) is 0 Å². The van der Waals surface area contributed by atoms with E-state index in [9.17, 15) is 13.6 Å². The second-order valence-electron chi connectivity index (χ2n) is 2.65. The molecule has 0 aromatic carbocycles. The Balaban J connectivity index is 2.96. The number of hydrogen-bond acceptors (Lipinski definition) is 4. The quantitative estimate of drug-likeness (QED) is 0.785. The van der Waals surface area contributed by atoms with Gasteiger partial charge in [0.2, 0.25) is 0 Å². The Hall–Kier alpha value is -1.72. The van der Waals surface area contributed by atoms with Crippen LogP contribution < -0.4 is 0 Å². The maximum atomic E-state index is 12.2. The molecule has 0 radical (unpaired) electrons. The molecule has 0 unspecified atom stereocenters. The van der Waals surface area contributed by atoms with Gasteiger partial charge in [0.15, 0.2) is 0 Å². The molecule has 0 fully saturated rings. The molecular formula is C9H9F2NO3. The molecule has 0 aliphatic heterocycles. The average molecular weight is 217 g/mol. The molecule has 0 saturated heterocycles. The highest BCUT2D eigenvalue weighted by molar-refractivity contribution is 5.89. The van der Waals surface area contributed by atoms with E-state index in [4.69, 9.17) is 5.11 Å². The minimum Gasteiger partial charge on any atom is -0.506 e. The van der Waals surface area contributed by atoms with E-state index in [1.807, 2.05) is 0 Å². The summed E-state index contributed by atoms with van der Waals surface area (Å²) < 4.78 is 28.9. The Morgan fingerprint density at radius 1 is 1.67 bits per heavy atom. The average Bonchev–Trinajstić information content (AvgIpc) is 2.17. The number of aromatic nitrogens is 1. The van der Waals surface area contributed by atoms with Crippen molar-refractivity contribution < 1.29 is 23.4 Å². The lowest BCUT2D eigenvalue weighted by Crippen LogP contribution is -2.05. The van der Waals surface area contributed by atoms with Gasteiger partial charge in [-0.15, -0.1) is 0 Å². The van der Waals surface area contributed by atoms with Gasteiger partial charge in [0, 0.05) is 6.20 Å². The van der Waals surface area contributed by atoms with Crippen molar-refractivity contribution in [1.82, 2.24) is 4.98 Å². The molecule has 4 nitrogen and oxygen atoms in total. The Bertz CT molecular complexity index is 368. The fraction of sp³-hybridized carbons (Fsp3) is 0.333. The summed E-state index contributed by atoms with van der Waals surface area (Å²) in [4.78, 5) is 14.4. The zero-order valence-corrected chi connectivity index (χ0v) is 7.91. The van der Waals surface area contributed by atoms with Crippen LogP contribution in [0.1, 0.15) is 29.4 Å². The molecule has 15 heavy (non-hydrogen) atoms. The van der Waals surface area contributed by atoms with Gasteiger partial charge in [-0.3, -0.25) is 4.98 Å². The van der Waals surface area contributed by atoms with E-state index >= 15 is 0 Å². The lowest BCUT2D eigenvalue weighted by molar-refractivity contribution is 0.0524. The van der Waals surface area contributed by atoms with Gasteiger partial charge in [-0.25, -0.2) is 13.6 Å². The predicted molar refractivity (Wildman–Crippen MR) is 46.8 cm³/mol. The number of carbonyl (C=O) groups excluding carboxylic acids is 1. The first-order chi connectivity index (χ1) is 7.06. The molecule has 1 rings (SSSR count). The molecule has 1 aromatic heterocycles. The number of halogens is 2. The fourth-order valence-electron chi connectivity index (χ4n) is 0.958. The largest absolute Gasteiger partial charge is 0.506 e. The standard InChI is InChI=1S/C9H9F2NO3/c1-2-15-9(14)5-3-6(13)7(8(10)11)12-4-5/h3-4,8,13H,2H2,1H3. The Kier molecular flexibility index (Phi) is 3.54. The van der Waals surface area contributed by atoms with Crippen molar-refractivity contribution in [1.29, 1.82) is 0 Å². The second-order valence-corrected chi connectivity index (χ2v) is 2.65. The monoisotopic (exact) mass is 217 g/mol. The molecule has 0 bridgehead atoms. The zero-order valence-electron chi connectivity index (χ0n) is 7.91. The first kappa shape index (κ1) is 11.4. The van der Waals surface area contributed by atoms with Crippen LogP contribution in [0, 0.1) is 0 Å². The summed E-state index contributed by atoms with van der Waals surface area (Å²) in [6.07, 6.45) is -1.93. The second kappa shape index (κ2) is 4.68. The van der Waals surface area contributed by atoms with Gasteiger partial charge in [-0.05, 0) is 13.0 Å². The maximum absolute atomic E-state index is 12.2. The lowest BCUT2D eigenvalue weighted by atomic mass is 10.2. The van der Waals surface area contributed by atoms with Gasteiger partial charge in [-0.2, -0.15) is 0 Å². The van der Waals surface area contributed by atoms with Crippen molar-refractivity contribution in [2.45, 2.75) is 13.3 Å². The Morgan fingerprint density at radius 2 is 2.33 bits per heavy atom. The Labute approximate surface area is 84.5 Å². The molecule has 0 amide bonds. The molecule has 0 spiro atoms. The summed E-state index contributed by atoms with van der Waals surface area (Å²) >= 11 is 0. The summed E-state index contributed by atoms with van der Waals surface area (Å²) in [5, 5.41) is 9.13. The first-order valence-corrected chi connectivity index (χ1v) is 4.20. The van der Waals surface area contributed by atoms with Crippen LogP contribution in [0.15, 0.2) is 12.3 Å². The summed E-state index contributed by atoms with van der Waals surface area (Å²) in [5.74, 6) is -1.42. The SMILES string of the molecule is CCOC(=O)c1cnc(C(F)F)c(O)c1. The number of hydrogen-bond donors (Lipinski definition) is 1. The van der Waals surface area contributed by atoms with E-state index in [1.165, 1.54) is 0 Å². The van der Waals surface area contributed by atoms with Crippen molar-refractivity contribution in [3.63, 3.8) is 0 Å². The van der Waals surface area contributed by atoms with Gasteiger partial charge in [0.05, 0.1) is 12.2 Å². The predicted octanol–water partition coefficient (Wildman–Crippen LogP) is 1.90.